The van der Waals surface area contributed by atoms with Gasteiger partial charge in [-0.1, -0.05) is 20.3 Å². The number of aryl methyl sites for hydroxylation is 1. The predicted octanol–water partition coefficient (Wildman–Crippen LogP) is 1.30. The number of aromatic nitrogens is 3. The molecule has 4 nitrogen and oxygen atoms in total. The zero-order valence-corrected chi connectivity index (χ0v) is 9.19. The molecule has 0 fully saturated rings. The van der Waals surface area contributed by atoms with E-state index in [9.17, 15) is 5.11 Å². The van der Waals surface area contributed by atoms with Crippen molar-refractivity contribution in [3.8, 4) is 0 Å². The van der Waals surface area contributed by atoms with Crippen LogP contribution in [0.4, 0.5) is 0 Å². The van der Waals surface area contributed by atoms with Gasteiger partial charge in [-0.25, -0.2) is 4.98 Å². The Balaban J connectivity index is 2.69. The molecule has 0 aliphatic rings. The van der Waals surface area contributed by atoms with Gasteiger partial charge in [0.1, 0.15) is 12.2 Å². The number of hydrogen-bond donors (Lipinski definition) is 1. The minimum absolute atomic E-state index is 0.591. The topological polar surface area (TPSA) is 50.9 Å². The van der Waals surface area contributed by atoms with Crippen molar-refractivity contribution < 1.29 is 5.11 Å². The Morgan fingerprint density at radius 3 is 2.64 bits per heavy atom. The van der Waals surface area contributed by atoms with Crippen molar-refractivity contribution >= 4 is 0 Å². The van der Waals surface area contributed by atoms with E-state index in [-0.39, 0.29) is 0 Å². The third-order valence-electron chi connectivity index (χ3n) is 2.67. The highest BCUT2D eigenvalue weighted by Crippen LogP contribution is 2.21. The van der Waals surface area contributed by atoms with E-state index in [2.05, 4.69) is 17.0 Å². The van der Waals surface area contributed by atoms with Gasteiger partial charge in [0.2, 0.25) is 0 Å². The second-order valence-corrected chi connectivity index (χ2v) is 3.80. The Hall–Kier alpha value is -0.900. The lowest BCUT2D eigenvalue weighted by Gasteiger charge is -2.25. The second-order valence-electron chi connectivity index (χ2n) is 3.80. The second kappa shape index (κ2) is 4.55. The summed E-state index contributed by atoms with van der Waals surface area (Å²) in [4.78, 5) is 4.12. The van der Waals surface area contributed by atoms with Crippen LogP contribution in [0.1, 0.15) is 38.9 Å². The lowest BCUT2D eigenvalue weighted by atomic mass is 9.91. The van der Waals surface area contributed by atoms with Crippen LogP contribution in [0.15, 0.2) is 6.33 Å². The molecular formula is C10H19N3O. The fraction of sp³-hybridized carbons (Fsp3) is 0.800. The summed E-state index contributed by atoms with van der Waals surface area (Å²) in [6, 6.07) is 0. The Morgan fingerprint density at radius 1 is 1.50 bits per heavy atom. The fourth-order valence-electron chi connectivity index (χ4n) is 1.63. The normalized spacial score (nSPS) is 15.4. The summed E-state index contributed by atoms with van der Waals surface area (Å²) in [5, 5.41) is 14.2. The lowest BCUT2D eigenvalue weighted by Crippen LogP contribution is -2.31. The average molecular weight is 197 g/mol. The zero-order chi connectivity index (χ0) is 10.6. The summed E-state index contributed by atoms with van der Waals surface area (Å²) in [5.41, 5.74) is -0.616. The first-order chi connectivity index (χ1) is 6.61. The van der Waals surface area contributed by atoms with E-state index < -0.39 is 5.60 Å². The third kappa shape index (κ3) is 2.54. The minimum atomic E-state index is -0.616. The van der Waals surface area contributed by atoms with Crippen LogP contribution in [0, 0.1) is 0 Å². The van der Waals surface area contributed by atoms with Gasteiger partial charge >= 0.3 is 0 Å². The minimum Gasteiger partial charge on any atom is -0.389 e. The van der Waals surface area contributed by atoms with Crippen LogP contribution >= 0.6 is 0 Å². The molecular weight excluding hydrogens is 178 g/mol. The maximum Gasteiger partial charge on any atom is 0.138 e. The Kier molecular flexibility index (Phi) is 3.63. The third-order valence-corrected chi connectivity index (χ3v) is 2.67. The number of nitrogens with zero attached hydrogens (tertiary/aromatic N) is 3. The zero-order valence-electron chi connectivity index (χ0n) is 9.19. The monoisotopic (exact) mass is 197 g/mol. The number of hydrogen-bond acceptors (Lipinski definition) is 3. The smallest absolute Gasteiger partial charge is 0.138 e. The van der Waals surface area contributed by atoms with Crippen molar-refractivity contribution in [2.45, 2.75) is 45.1 Å². The van der Waals surface area contributed by atoms with E-state index in [1.54, 1.807) is 4.68 Å². The molecule has 14 heavy (non-hydrogen) atoms. The van der Waals surface area contributed by atoms with Crippen molar-refractivity contribution in [1.29, 1.82) is 0 Å². The van der Waals surface area contributed by atoms with Crippen LogP contribution < -0.4 is 0 Å². The molecule has 0 amide bonds. The number of rotatable bonds is 5. The van der Waals surface area contributed by atoms with Gasteiger partial charge in [0, 0.05) is 13.5 Å². The summed E-state index contributed by atoms with van der Waals surface area (Å²) >= 11 is 0. The summed E-state index contributed by atoms with van der Waals surface area (Å²) in [5.74, 6) is 0.850. The van der Waals surface area contributed by atoms with Crippen LogP contribution in [0.3, 0.4) is 0 Å². The first-order valence-corrected chi connectivity index (χ1v) is 5.16. The quantitative estimate of drug-likeness (QED) is 0.774. The molecule has 0 aromatic carbocycles. The average Bonchev–Trinajstić information content (AvgIpc) is 2.52. The molecule has 0 bridgehead atoms. The highest BCUT2D eigenvalue weighted by atomic mass is 16.3. The van der Waals surface area contributed by atoms with Gasteiger partial charge in [-0.2, -0.15) is 5.10 Å². The molecule has 80 valence electrons. The lowest BCUT2D eigenvalue weighted by molar-refractivity contribution is 0.0244. The Morgan fingerprint density at radius 2 is 2.21 bits per heavy atom. The van der Waals surface area contributed by atoms with Gasteiger partial charge in [-0.15, -0.1) is 0 Å². The fourth-order valence-corrected chi connectivity index (χ4v) is 1.63. The molecule has 1 rings (SSSR count). The van der Waals surface area contributed by atoms with Crippen molar-refractivity contribution in [2.75, 3.05) is 0 Å². The van der Waals surface area contributed by atoms with Crippen LogP contribution in [0.5, 0.6) is 0 Å². The van der Waals surface area contributed by atoms with E-state index >= 15 is 0 Å². The van der Waals surface area contributed by atoms with Crippen molar-refractivity contribution in [3.05, 3.63) is 12.2 Å². The van der Waals surface area contributed by atoms with E-state index in [0.717, 1.165) is 25.1 Å². The van der Waals surface area contributed by atoms with Crippen molar-refractivity contribution in [1.82, 2.24) is 14.8 Å². The molecule has 0 saturated heterocycles. The standard InChI is InChI=1S/C10H19N3O/c1-4-6-10(14,5-2)7-9-11-8-12-13(9)3/h8,14H,4-7H2,1-3H3. The van der Waals surface area contributed by atoms with Crippen LogP contribution in [-0.2, 0) is 13.5 Å². The summed E-state index contributed by atoms with van der Waals surface area (Å²) in [7, 11) is 1.85. The Bertz CT molecular complexity index is 285. The van der Waals surface area contributed by atoms with Crippen molar-refractivity contribution in [3.63, 3.8) is 0 Å². The SMILES string of the molecule is CCCC(O)(CC)Cc1ncnn1C. The first kappa shape index (κ1) is 11.2. The molecule has 1 aromatic rings. The molecule has 0 radical (unpaired) electrons. The van der Waals surface area contributed by atoms with Crippen molar-refractivity contribution in [2.24, 2.45) is 7.05 Å². The van der Waals surface area contributed by atoms with E-state index in [1.807, 2.05) is 14.0 Å². The molecule has 1 N–H and O–H groups in total. The summed E-state index contributed by atoms with van der Waals surface area (Å²) in [6.07, 6.45) is 4.68. The molecule has 1 unspecified atom stereocenters. The largest absolute Gasteiger partial charge is 0.389 e. The molecule has 1 aromatic heterocycles. The Labute approximate surface area is 85.0 Å². The van der Waals surface area contributed by atoms with Gasteiger partial charge in [0.15, 0.2) is 0 Å². The highest BCUT2D eigenvalue weighted by Gasteiger charge is 2.25. The molecule has 0 saturated carbocycles. The van der Waals surface area contributed by atoms with Gasteiger partial charge in [0.05, 0.1) is 5.60 Å². The van der Waals surface area contributed by atoms with Gasteiger partial charge in [-0.3, -0.25) is 4.68 Å². The molecule has 1 atom stereocenters. The van der Waals surface area contributed by atoms with Gasteiger partial charge in [-0.05, 0) is 12.8 Å². The van der Waals surface area contributed by atoms with E-state index in [1.165, 1.54) is 6.33 Å². The van der Waals surface area contributed by atoms with E-state index in [4.69, 9.17) is 0 Å². The van der Waals surface area contributed by atoms with E-state index in [0.29, 0.717) is 6.42 Å². The molecule has 0 aliphatic heterocycles. The van der Waals surface area contributed by atoms with Gasteiger partial charge in [0.25, 0.3) is 0 Å². The molecule has 4 heteroatoms. The molecule has 1 heterocycles. The van der Waals surface area contributed by atoms with Crippen LogP contribution in [-0.4, -0.2) is 25.5 Å². The van der Waals surface area contributed by atoms with Crippen LogP contribution in [0.2, 0.25) is 0 Å². The summed E-state index contributed by atoms with van der Waals surface area (Å²) in [6.45, 7) is 4.09. The maximum absolute atomic E-state index is 10.2. The molecule has 0 spiro atoms. The summed E-state index contributed by atoms with van der Waals surface area (Å²) < 4.78 is 1.72. The first-order valence-electron chi connectivity index (χ1n) is 5.16. The highest BCUT2D eigenvalue weighted by molar-refractivity contribution is 4.93. The van der Waals surface area contributed by atoms with Gasteiger partial charge < -0.3 is 5.11 Å². The molecule has 0 aliphatic carbocycles. The number of aliphatic hydroxyl groups is 1. The maximum atomic E-state index is 10.2. The van der Waals surface area contributed by atoms with Crippen LogP contribution in [0.25, 0.3) is 0 Å². The predicted molar refractivity (Wildman–Crippen MR) is 54.9 cm³/mol.